The molecule has 0 saturated heterocycles. The molecule has 2 saturated carbocycles. The van der Waals surface area contributed by atoms with Crippen LogP contribution in [0.15, 0.2) is 0 Å². The minimum atomic E-state index is 0.267. The van der Waals surface area contributed by atoms with Crippen molar-refractivity contribution in [2.45, 2.75) is 70.3 Å². The van der Waals surface area contributed by atoms with Crippen molar-refractivity contribution in [2.75, 3.05) is 6.61 Å². The van der Waals surface area contributed by atoms with E-state index in [-0.39, 0.29) is 5.92 Å². The van der Waals surface area contributed by atoms with E-state index >= 15 is 0 Å². The lowest BCUT2D eigenvalue weighted by Gasteiger charge is -2.29. The Labute approximate surface area is 110 Å². The molecule has 3 heteroatoms. The molecule has 0 heterocycles. The second-order valence-corrected chi connectivity index (χ2v) is 6.10. The quantitative estimate of drug-likeness (QED) is 0.760. The van der Waals surface area contributed by atoms with Crippen molar-refractivity contribution in [3.63, 3.8) is 0 Å². The molecule has 2 aliphatic carbocycles. The summed E-state index contributed by atoms with van der Waals surface area (Å²) in [6.45, 7) is 0.309. The van der Waals surface area contributed by atoms with Crippen molar-refractivity contribution < 1.29 is 9.90 Å². The molecule has 0 unspecified atom stereocenters. The van der Waals surface area contributed by atoms with Gasteiger partial charge in [0, 0.05) is 18.6 Å². The molecule has 3 nitrogen and oxygen atoms in total. The highest BCUT2D eigenvalue weighted by atomic mass is 16.3. The van der Waals surface area contributed by atoms with Crippen molar-refractivity contribution >= 4 is 5.91 Å². The van der Waals surface area contributed by atoms with Crippen LogP contribution in [0.5, 0.6) is 0 Å². The first-order valence-corrected chi connectivity index (χ1v) is 7.71. The van der Waals surface area contributed by atoms with Gasteiger partial charge in [-0.2, -0.15) is 0 Å². The van der Waals surface area contributed by atoms with E-state index in [4.69, 9.17) is 5.11 Å². The van der Waals surface area contributed by atoms with Gasteiger partial charge in [0.15, 0.2) is 0 Å². The zero-order valence-corrected chi connectivity index (χ0v) is 11.4. The highest BCUT2D eigenvalue weighted by Crippen LogP contribution is 2.26. The fourth-order valence-corrected chi connectivity index (χ4v) is 3.35. The summed E-state index contributed by atoms with van der Waals surface area (Å²) in [7, 11) is 0. The number of nitrogens with one attached hydrogen (secondary N) is 1. The van der Waals surface area contributed by atoms with Gasteiger partial charge in [-0.15, -0.1) is 0 Å². The molecule has 2 rings (SSSR count). The predicted molar refractivity (Wildman–Crippen MR) is 72.2 cm³/mol. The molecule has 0 aromatic rings. The molecule has 0 aromatic carbocycles. The summed E-state index contributed by atoms with van der Waals surface area (Å²) in [4.78, 5) is 12.2. The Bertz CT molecular complexity index is 251. The zero-order chi connectivity index (χ0) is 12.8. The summed E-state index contributed by atoms with van der Waals surface area (Å²) < 4.78 is 0. The van der Waals surface area contributed by atoms with E-state index in [2.05, 4.69) is 5.32 Å². The average molecular weight is 253 g/mol. The second kappa shape index (κ2) is 7.13. The standard InChI is InChI=1S/C15H27NO2/c17-11-12-7-9-14(10-8-12)16-15(18)13-5-3-1-2-4-6-13/h12-14,17H,1-11H2,(H,16,18). The summed E-state index contributed by atoms with van der Waals surface area (Å²) in [5, 5.41) is 12.3. The van der Waals surface area contributed by atoms with Crippen molar-refractivity contribution in [1.82, 2.24) is 5.32 Å². The summed E-state index contributed by atoms with van der Waals surface area (Å²) in [5.74, 6) is 1.03. The molecule has 0 aliphatic heterocycles. The predicted octanol–water partition coefficient (Wildman–Crippen LogP) is 2.62. The Morgan fingerprint density at radius 2 is 1.56 bits per heavy atom. The second-order valence-electron chi connectivity index (χ2n) is 6.10. The van der Waals surface area contributed by atoms with Crippen LogP contribution in [0.4, 0.5) is 0 Å². The number of carbonyl (C=O) groups excluding carboxylic acids is 1. The number of aliphatic hydroxyl groups excluding tert-OH is 1. The van der Waals surface area contributed by atoms with Crippen LogP contribution < -0.4 is 5.32 Å². The third-order valence-corrected chi connectivity index (χ3v) is 4.68. The van der Waals surface area contributed by atoms with E-state index in [1.54, 1.807) is 0 Å². The van der Waals surface area contributed by atoms with Gasteiger partial charge < -0.3 is 10.4 Å². The smallest absolute Gasteiger partial charge is 0.223 e. The molecular weight excluding hydrogens is 226 g/mol. The van der Waals surface area contributed by atoms with Crippen molar-refractivity contribution in [1.29, 1.82) is 0 Å². The number of rotatable bonds is 3. The van der Waals surface area contributed by atoms with Gasteiger partial charge >= 0.3 is 0 Å². The topological polar surface area (TPSA) is 49.3 Å². The largest absolute Gasteiger partial charge is 0.396 e. The molecule has 104 valence electrons. The number of carbonyl (C=O) groups is 1. The third kappa shape index (κ3) is 3.98. The van der Waals surface area contributed by atoms with Gasteiger partial charge in [0.2, 0.25) is 5.91 Å². The molecule has 2 N–H and O–H groups in total. The Kier molecular flexibility index (Phi) is 5.48. The lowest BCUT2D eigenvalue weighted by Crippen LogP contribution is -2.41. The van der Waals surface area contributed by atoms with Gasteiger partial charge in [0.25, 0.3) is 0 Å². The van der Waals surface area contributed by atoms with Gasteiger partial charge in [-0.05, 0) is 44.4 Å². The molecule has 0 spiro atoms. The van der Waals surface area contributed by atoms with Gasteiger partial charge in [-0.25, -0.2) is 0 Å². The molecule has 2 fully saturated rings. The first kappa shape index (κ1) is 13.9. The molecule has 0 aromatic heterocycles. The van der Waals surface area contributed by atoms with E-state index in [0.29, 0.717) is 24.5 Å². The summed E-state index contributed by atoms with van der Waals surface area (Å²) in [6, 6.07) is 0.364. The average Bonchev–Trinajstić information content (AvgIpc) is 2.68. The lowest BCUT2D eigenvalue weighted by molar-refractivity contribution is -0.126. The van der Waals surface area contributed by atoms with Crippen LogP contribution in [-0.2, 0) is 4.79 Å². The molecule has 1 amide bonds. The monoisotopic (exact) mass is 253 g/mol. The van der Waals surface area contributed by atoms with Crippen LogP contribution in [0.2, 0.25) is 0 Å². The summed E-state index contributed by atoms with van der Waals surface area (Å²) >= 11 is 0. The fraction of sp³-hybridized carbons (Fsp3) is 0.933. The first-order chi connectivity index (χ1) is 8.79. The van der Waals surface area contributed by atoms with E-state index in [1.807, 2.05) is 0 Å². The fourth-order valence-electron chi connectivity index (χ4n) is 3.35. The Balaban J connectivity index is 1.73. The maximum absolute atomic E-state index is 12.2. The Morgan fingerprint density at radius 3 is 2.11 bits per heavy atom. The Hall–Kier alpha value is -0.570. The normalized spacial score (nSPS) is 30.7. The van der Waals surface area contributed by atoms with Crippen LogP contribution >= 0.6 is 0 Å². The minimum absolute atomic E-state index is 0.267. The van der Waals surface area contributed by atoms with Gasteiger partial charge in [-0.3, -0.25) is 4.79 Å². The van der Waals surface area contributed by atoms with Crippen LogP contribution in [0, 0.1) is 11.8 Å². The number of amides is 1. The minimum Gasteiger partial charge on any atom is -0.396 e. The van der Waals surface area contributed by atoms with Gasteiger partial charge in [0.1, 0.15) is 0 Å². The van der Waals surface area contributed by atoms with Gasteiger partial charge in [0.05, 0.1) is 0 Å². The maximum atomic E-state index is 12.2. The van der Waals surface area contributed by atoms with E-state index in [9.17, 15) is 4.79 Å². The zero-order valence-electron chi connectivity index (χ0n) is 11.4. The third-order valence-electron chi connectivity index (χ3n) is 4.68. The summed E-state index contributed by atoms with van der Waals surface area (Å²) in [6.07, 6.45) is 11.4. The number of hydrogen-bond donors (Lipinski definition) is 2. The van der Waals surface area contributed by atoms with Crippen molar-refractivity contribution in [3.05, 3.63) is 0 Å². The van der Waals surface area contributed by atoms with Crippen LogP contribution in [-0.4, -0.2) is 23.7 Å². The molecule has 2 aliphatic rings. The van der Waals surface area contributed by atoms with Crippen LogP contribution in [0.25, 0.3) is 0 Å². The number of hydrogen-bond acceptors (Lipinski definition) is 2. The number of aliphatic hydroxyl groups is 1. The van der Waals surface area contributed by atoms with Crippen molar-refractivity contribution in [3.8, 4) is 0 Å². The van der Waals surface area contributed by atoms with Gasteiger partial charge in [-0.1, -0.05) is 25.7 Å². The lowest BCUT2D eigenvalue weighted by atomic mass is 9.86. The van der Waals surface area contributed by atoms with Crippen LogP contribution in [0.1, 0.15) is 64.2 Å². The van der Waals surface area contributed by atoms with E-state index < -0.39 is 0 Å². The molecule has 18 heavy (non-hydrogen) atoms. The molecule has 0 bridgehead atoms. The SMILES string of the molecule is O=C(NC1CCC(CO)CC1)C1CCCCCC1. The maximum Gasteiger partial charge on any atom is 0.223 e. The van der Waals surface area contributed by atoms with Crippen molar-refractivity contribution in [2.24, 2.45) is 11.8 Å². The summed E-state index contributed by atoms with van der Waals surface area (Å²) in [5.41, 5.74) is 0. The van der Waals surface area contributed by atoms with Crippen LogP contribution in [0.3, 0.4) is 0 Å². The molecule has 0 radical (unpaired) electrons. The van der Waals surface area contributed by atoms with E-state index in [1.165, 1.54) is 25.7 Å². The van der Waals surface area contributed by atoms with E-state index in [0.717, 1.165) is 38.5 Å². The highest BCUT2D eigenvalue weighted by Gasteiger charge is 2.25. The Morgan fingerprint density at radius 1 is 0.944 bits per heavy atom. The molecular formula is C15H27NO2. The molecule has 0 atom stereocenters. The first-order valence-electron chi connectivity index (χ1n) is 7.71. The highest BCUT2D eigenvalue weighted by molar-refractivity contribution is 5.78.